The zero-order valence-electron chi connectivity index (χ0n) is 7.89. The smallest absolute Gasteiger partial charge is 0.0743 e. The van der Waals surface area contributed by atoms with Crippen LogP contribution in [0.15, 0.2) is 0 Å². The van der Waals surface area contributed by atoms with Crippen molar-refractivity contribution in [3.63, 3.8) is 0 Å². The van der Waals surface area contributed by atoms with Crippen molar-refractivity contribution in [2.24, 2.45) is 5.92 Å². The Morgan fingerprint density at radius 2 is 2.00 bits per heavy atom. The van der Waals surface area contributed by atoms with Crippen molar-refractivity contribution in [1.82, 2.24) is 5.48 Å². The second-order valence-electron chi connectivity index (χ2n) is 3.03. The van der Waals surface area contributed by atoms with Gasteiger partial charge >= 0.3 is 0 Å². The third-order valence-corrected chi connectivity index (χ3v) is 2.20. The topological polar surface area (TPSA) is 21.3 Å². The third kappa shape index (κ3) is 8.17. The molecule has 0 radical (unpaired) electrons. The molecule has 3 heteroatoms. The van der Waals surface area contributed by atoms with Crippen LogP contribution >= 0.6 is 11.8 Å². The molecule has 0 aliphatic rings. The molecule has 0 saturated heterocycles. The lowest BCUT2D eigenvalue weighted by Crippen LogP contribution is -2.23. The summed E-state index contributed by atoms with van der Waals surface area (Å²) in [5, 5.41) is 0.391. The average molecular weight is 177 g/mol. The summed E-state index contributed by atoms with van der Waals surface area (Å²) in [6.45, 7) is 7.28. The Morgan fingerprint density at radius 3 is 2.45 bits per heavy atom. The molecule has 11 heavy (non-hydrogen) atoms. The van der Waals surface area contributed by atoms with E-state index in [9.17, 15) is 0 Å². The molecule has 0 heterocycles. The van der Waals surface area contributed by atoms with E-state index in [0.717, 1.165) is 18.9 Å². The highest BCUT2D eigenvalue weighted by atomic mass is 32.2. The highest BCUT2D eigenvalue weighted by Gasteiger charge is 1.97. The highest BCUT2D eigenvalue weighted by Crippen LogP contribution is 2.01. The van der Waals surface area contributed by atoms with E-state index in [1.807, 2.05) is 0 Å². The fraction of sp³-hybridized carbons (Fsp3) is 1.00. The molecule has 0 aromatic rings. The summed E-state index contributed by atoms with van der Waals surface area (Å²) in [6.07, 6.45) is 3.18. The monoisotopic (exact) mass is 177 g/mol. The Morgan fingerprint density at radius 1 is 1.36 bits per heavy atom. The van der Waals surface area contributed by atoms with Crippen LogP contribution in [-0.2, 0) is 4.84 Å². The van der Waals surface area contributed by atoms with Crippen molar-refractivity contribution in [2.45, 2.75) is 32.6 Å². The lowest BCUT2D eigenvalue weighted by molar-refractivity contribution is 0.0313. The summed E-state index contributed by atoms with van der Waals surface area (Å²) in [7, 11) is 0. The number of thioether (sulfide) groups is 1. The van der Waals surface area contributed by atoms with E-state index in [0.29, 0.717) is 5.37 Å². The van der Waals surface area contributed by atoms with Crippen LogP contribution in [-0.4, -0.2) is 18.2 Å². The first-order valence-corrected chi connectivity index (χ1v) is 5.35. The molecule has 0 spiro atoms. The molecule has 0 aliphatic heterocycles. The van der Waals surface area contributed by atoms with Gasteiger partial charge in [0.1, 0.15) is 0 Å². The molecule has 1 atom stereocenters. The minimum absolute atomic E-state index is 0.391. The zero-order chi connectivity index (χ0) is 8.69. The largest absolute Gasteiger partial charge is 0.301 e. The Bertz CT molecular complexity index is 88.2. The maximum absolute atomic E-state index is 5.23. The number of hydrogen-bond donors (Lipinski definition) is 1. The normalized spacial score (nSPS) is 13.9. The van der Waals surface area contributed by atoms with Crippen LogP contribution in [0.2, 0.25) is 0 Å². The van der Waals surface area contributed by atoms with Gasteiger partial charge in [-0.1, -0.05) is 13.8 Å². The van der Waals surface area contributed by atoms with E-state index >= 15 is 0 Å². The first-order chi connectivity index (χ1) is 5.16. The van der Waals surface area contributed by atoms with Crippen molar-refractivity contribution >= 4 is 11.8 Å². The van der Waals surface area contributed by atoms with E-state index in [1.54, 1.807) is 11.8 Å². The SMILES string of the molecule is CSC(C)NOCCC(C)C. The Kier molecular flexibility index (Phi) is 7.12. The van der Waals surface area contributed by atoms with Gasteiger partial charge in [0, 0.05) is 0 Å². The van der Waals surface area contributed by atoms with Crippen LogP contribution in [0, 0.1) is 5.92 Å². The number of hydrogen-bond acceptors (Lipinski definition) is 3. The summed E-state index contributed by atoms with van der Waals surface area (Å²) >= 11 is 1.75. The molecule has 0 aromatic heterocycles. The molecule has 0 bridgehead atoms. The number of hydroxylamine groups is 1. The Labute approximate surface area is 74.0 Å². The van der Waals surface area contributed by atoms with Crippen molar-refractivity contribution in [2.75, 3.05) is 12.9 Å². The number of nitrogens with one attached hydrogen (secondary N) is 1. The van der Waals surface area contributed by atoms with Crippen molar-refractivity contribution in [1.29, 1.82) is 0 Å². The van der Waals surface area contributed by atoms with Crippen molar-refractivity contribution in [3.8, 4) is 0 Å². The predicted octanol–water partition coefficient (Wildman–Crippen LogP) is 2.26. The van der Waals surface area contributed by atoms with Gasteiger partial charge in [0.15, 0.2) is 0 Å². The molecule has 0 saturated carbocycles. The molecule has 1 unspecified atom stereocenters. The molecule has 68 valence electrons. The lowest BCUT2D eigenvalue weighted by Gasteiger charge is -2.11. The molecule has 0 fully saturated rings. The predicted molar refractivity (Wildman–Crippen MR) is 51.5 cm³/mol. The molecule has 2 nitrogen and oxygen atoms in total. The van der Waals surface area contributed by atoms with Gasteiger partial charge in [0.25, 0.3) is 0 Å². The quantitative estimate of drug-likeness (QED) is 0.382. The van der Waals surface area contributed by atoms with E-state index in [4.69, 9.17) is 4.84 Å². The van der Waals surface area contributed by atoms with Gasteiger partial charge < -0.3 is 4.84 Å². The minimum atomic E-state index is 0.391. The molecule has 0 amide bonds. The summed E-state index contributed by atoms with van der Waals surface area (Å²) in [5.74, 6) is 0.724. The van der Waals surface area contributed by atoms with E-state index in [1.165, 1.54) is 0 Å². The Hall–Kier alpha value is 0.270. The molecular weight excluding hydrogens is 158 g/mol. The lowest BCUT2D eigenvalue weighted by atomic mass is 10.1. The van der Waals surface area contributed by atoms with Gasteiger partial charge in [-0.2, -0.15) is 5.48 Å². The molecule has 0 rings (SSSR count). The van der Waals surface area contributed by atoms with Crippen LogP contribution in [0.1, 0.15) is 27.2 Å². The van der Waals surface area contributed by atoms with Gasteiger partial charge in [-0.15, -0.1) is 11.8 Å². The summed E-state index contributed by atoms with van der Waals surface area (Å²) in [6, 6.07) is 0. The number of rotatable bonds is 6. The zero-order valence-corrected chi connectivity index (χ0v) is 8.70. The van der Waals surface area contributed by atoms with Crippen LogP contribution in [0.25, 0.3) is 0 Å². The third-order valence-electron chi connectivity index (χ3n) is 1.40. The average Bonchev–Trinajstić information content (AvgIpc) is 1.97. The summed E-state index contributed by atoms with van der Waals surface area (Å²) in [5.41, 5.74) is 2.95. The van der Waals surface area contributed by atoms with Crippen molar-refractivity contribution < 1.29 is 4.84 Å². The van der Waals surface area contributed by atoms with Gasteiger partial charge in [-0.05, 0) is 25.5 Å². The summed E-state index contributed by atoms with van der Waals surface area (Å²) in [4.78, 5) is 5.23. The fourth-order valence-corrected chi connectivity index (χ4v) is 0.683. The fourth-order valence-electron chi connectivity index (χ4n) is 0.519. The van der Waals surface area contributed by atoms with Gasteiger partial charge in [0.2, 0.25) is 0 Å². The Balaban J connectivity index is 3.01. The first-order valence-electron chi connectivity index (χ1n) is 4.07. The first kappa shape index (κ1) is 11.3. The molecule has 0 aliphatic carbocycles. The second-order valence-corrected chi connectivity index (χ2v) is 4.21. The maximum atomic E-state index is 5.23. The van der Waals surface area contributed by atoms with Gasteiger partial charge in [0.05, 0.1) is 12.0 Å². The van der Waals surface area contributed by atoms with Crippen LogP contribution < -0.4 is 5.48 Å². The second kappa shape index (κ2) is 6.95. The van der Waals surface area contributed by atoms with Crippen LogP contribution in [0.5, 0.6) is 0 Å². The molecule has 0 aromatic carbocycles. The van der Waals surface area contributed by atoms with Crippen molar-refractivity contribution in [3.05, 3.63) is 0 Å². The van der Waals surface area contributed by atoms with Crippen LogP contribution in [0.3, 0.4) is 0 Å². The van der Waals surface area contributed by atoms with E-state index < -0.39 is 0 Å². The standard InChI is InChI=1S/C8H19NOS/c1-7(2)5-6-10-9-8(3)11-4/h7-9H,5-6H2,1-4H3. The highest BCUT2D eigenvalue weighted by molar-refractivity contribution is 7.99. The summed E-state index contributed by atoms with van der Waals surface area (Å²) < 4.78 is 0. The molecule has 1 N–H and O–H groups in total. The minimum Gasteiger partial charge on any atom is -0.301 e. The van der Waals surface area contributed by atoms with E-state index in [-0.39, 0.29) is 0 Å². The van der Waals surface area contributed by atoms with E-state index in [2.05, 4.69) is 32.5 Å². The van der Waals surface area contributed by atoms with Gasteiger partial charge in [-0.25, -0.2) is 0 Å². The van der Waals surface area contributed by atoms with Crippen LogP contribution in [0.4, 0.5) is 0 Å². The maximum Gasteiger partial charge on any atom is 0.0743 e. The van der Waals surface area contributed by atoms with Gasteiger partial charge in [-0.3, -0.25) is 0 Å². The molecular formula is C8H19NOS.